The van der Waals surface area contributed by atoms with Crippen LogP contribution < -0.4 is 0 Å². The van der Waals surface area contributed by atoms with Crippen molar-refractivity contribution in [3.63, 3.8) is 0 Å². The van der Waals surface area contributed by atoms with Gasteiger partial charge in [0.2, 0.25) is 0 Å². The van der Waals surface area contributed by atoms with Gasteiger partial charge in [-0.05, 0) is 0 Å². The van der Waals surface area contributed by atoms with E-state index in [1.54, 1.807) is 0 Å². The van der Waals surface area contributed by atoms with Gasteiger partial charge >= 0.3 is 0 Å². The van der Waals surface area contributed by atoms with Crippen molar-refractivity contribution in [2.75, 3.05) is 0 Å². The molecule has 0 aliphatic heterocycles. The van der Waals surface area contributed by atoms with Crippen LogP contribution in [0.2, 0.25) is 0 Å². The highest BCUT2D eigenvalue weighted by Crippen LogP contribution is 1.76. The fourth-order valence-electron chi connectivity index (χ4n) is 0. The predicted octanol–water partition coefficient (Wildman–Crippen LogP) is 1.92. The van der Waals surface area contributed by atoms with Gasteiger partial charge in [-0.2, -0.15) is 0 Å². The van der Waals surface area contributed by atoms with Crippen LogP contribution in [0.25, 0.3) is 0 Å². The molecule has 0 heteroatoms. The lowest BCUT2D eigenvalue weighted by Crippen LogP contribution is -1.47. The van der Waals surface area contributed by atoms with E-state index in [-0.39, 0.29) is 1.43 Å². The van der Waals surface area contributed by atoms with Crippen molar-refractivity contribution in [3.05, 3.63) is 0 Å². The van der Waals surface area contributed by atoms with E-state index in [0.29, 0.717) is 0 Å². The van der Waals surface area contributed by atoms with E-state index in [0.717, 1.165) is 0 Å². The molecule has 4 heavy (non-hydrogen) atoms. The minimum Gasteiger partial charge on any atom is -0.0654 e. The number of hydrogen-bond donors (Lipinski definition) is 0. The van der Waals surface area contributed by atoms with Gasteiger partial charge in [0.15, 0.2) is 0 Å². The molecule has 0 fully saturated rings. The second-order valence-corrected chi connectivity index (χ2v) is 1.000. The monoisotopic (exact) mass is 59.1 g/mol. The van der Waals surface area contributed by atoms with Gasteiger partial charge in [0.25, 0.3) is 0 Å². The molecular weight excluding hydrogens is 48.0 g/mol. The van der Waals surface area contributed by atoms with E-state index < -0.39 is 0 Å². The van der Waals surface area contributed by atoms with Crippen LogP contribution in [0.5, 0.6) is 0 Å². The van der Waals surface area contributed by atoms with Crippen LogP contribution >= 0.6 is 0 Å². The molecule has 0 aliphatic rings. The summed E-state index contributed by atoms with van der Waals surface area (Å²) in [5.74, 6) is 0. The normalized spacial score (nSPS) is 7.50. The zero-order valence-corrected chi connectivity index (χ0v) is 3.41. The first-order valence-corrected chi connectivity index (χ1v) is 1.91. The standard InChI is InChI=1S/C4H10.H/c1-3-4-2;/h3-4H2,1-2H3;. The molecule has 0 aromatic heterocycles. The Labute approximate surface area is 29.3 Å². The Bertz CT molecular complexity index is 5.61. The van der Waals surface area contributed by atoms with E-state index >= 15 is 0 Å². The van der Waals surface area contributed by atoms with E-state index in [2.05, 4.69) is 13.8 Å². The number of hydrogen-bond acceptors (Lipinski definition) is 0. The molecule has 1 radical (unpaired) electrons. The maximum absolute atomic E-state index is 2.18. The molecule has 27 valence electrons. The first kappa shape index (κ1) is 4.00. The van der Waals surface area contributed by atoms with Crippen LogP contribution in [0.1, 0.15) is 28.1 Å². The fraction of sp³-hybridized carbons (Fsp3) is 1.00. The summed E-state index contributed by atoms with van der Waals surface area (Å²) in [5, 5.41) is 0. The molecular formula is C4H11. The Kier molecular flexibility index (Phi) is 3.00. The zero-order chi connectivity index (χ0) is 3.41. The van der Waals surface area contributed by atoms with Gasteiger partial charge in [0.05, 0.1) is 0 Å². The summed E-state index contributed by atoms with van der Waals surface area (Å²) in [6, 6.07) is 0. The van der Waals surface area contributed by atoms with Gasteiger partial charge in [0.1, 0.15) is 0 Å². The summed E-state index contributed by atoms with van der Waals surface area (Å²) in [5.41, 5.74) is 0. The Hall–Kier alpha value is 0. The molecule has 0 bridgehead atoms. The lowest BCUT2D eigenvalue weighted by molar-refractivity contribution is 0.886. The third-order valence-corrected chi connectivity index (χ3v) is 0.500. The van der Waals surface area contributed by atoms with Gasteiger partial charge in [-0.3, -0.25) is 0 Å². The maximum atomic E-state index is 2.18. The third kappa shape index (κ3) is 2.00. The first-order valence-electron chi connectivity index (χ1n) is 1.91. The highest BCUT2D eigenvalue weighted by Gasteiger charge is 1.56. The number of unbranched alkanes of at least 4 members (excludes halogenated alkanes) is 1. The fourth-order valence-corrected chi connectivity index (χ4v) is 0. The van der Waals surface area contributed by atoms with Crippen molar-refractivity contribution in [2.45, 2.75) is 26.7 Å². The Balaban J connectivity index is 0. The summed E-state index contributed by atoms with van der Waals surface area (Å²) < 4.78 is 0. The van der Waals surface area contributed by atoms with Crippen LogP contribution in [-0.2, 0) is 0 Å². The molecule has 0 amide bonds. The Morgan fingerprint density at radius 1 is 1.25 bits per heavy atom. The van der Waals surface area contributed by atoms with Crippen LogP contribution in [-0.4, -0.2) is 0 Å². The Morgan fingerprint density at radius 2 is 1.50 bits per heavy atom. The second-order valence-electron chi connectivity index (χ2n) is 1.000. The SMILES string of the molecule is CCCC.[H]. The number of rotatable bonds is 1. The summed E-state index contributed by atoms with van der Waals surface area (Å²) in [6.45, 7) is 4.36. The highest BCUT2D eigenvalue weighted by atomic mass is 13.6. The summed E-state index contributed by atoms with van der Waals surface area (Å²) in [6.07, 6.45) is 2.64. The lowest BCUT2D eigenvalue weighted by Gasteiger charge is -1.68. The maximum Gasteiger partial charge on any atom is 0 e. The van der Waals surface area contributed by atoms with Gasteiger partial charge in [0, 0.05) is 1.43 Å². The van der Waals surface area contributed by atoms with E-state index in [1.807, 2.05) is 0 Å². The summed E-state index contributed by atoms with van der Waals surface area (Å²) in [4.78, 5) is 0. The van der Waals surface area contributed by atoms with Crippen LogP contribution in [0.3, 0.4) is 0 Å². The molecule has 0 aliphatic carbocycles. The van der Waals surface area contributed by atoms with Crippen LogP contribution in [0.4, 0.5) is 0 Å². The molecule has 0 heterocycles. The quantitative estimate of drug-likeness (QED) is 0.433. The lowest BCUT2D eigenvalue weighted by atomic mass is 10.4. The van der Waals surface area contributed by atoms with E-state index in [1.165, 1.54) is 12.8 Å². The molecule has 0 nitrogen and oxygen atoms in total. The van der Waals surface area contributed by atoms with Crippen molar-refractivity contribution in [3.8, 4) is 0 Å². The summed E-state index contributed by atoms with van der Waals surface area (Å²) in [7, 11) is 0. The molecule has 0 unspecified atom stereocenters. The van der Waals surface area contributed by atoms with Crippen molar-refractivity contribution in [1.29, 1.82) is 0 Å². The molecule has 0 spiro atoms. The zero-order valence-electron chi connectivity index (χ0n) is 4.41. The average Bonchev–Trinajstić information content (AvgIpc) is 1.37. The molecule has 0 saturated heterocycles. The molecule has 0 aromatic rings. The second kappa shape index (κ2) is 3.00. The topological polar surface area (TPSA) is 0 Å². The van der Waals surface area contributed by atoms with Crippen molar-refractivity contribution in [2.24, 2.45) is 0 Å². The van der Waals surface area contributed by atoms with Crippen LogP contribution in [0.15, 0.2) is 0 Å². The van der Waals surface area contributed by atoms with Crippen molar-refractivity contribution >= 4 is 0 Å². The minimum absolute atomic E-state index is 0. The third-order valence-electron chi connectivity index (χ3n) is 0.500. The van der Waals surface area contributed by atoms with Gasteiger partial charge in [-0.15, -0.1) is 0 Å². The van der Waals surface area contributed by atoms with E-state index in [4.69, 9.17) is 0 Å². The predicted molar refractivity (Wildman–Crippen MR) is 21.7 cm³/mol. The van der Waals surface area contributed by atoms with Gasteiger partial charge in [-0.1, -0.05) is 26.7 Å². The molecule has 0 rings (SSSR count). The van der Waals surface area contributed by atoms with Crippen molar-refractivity contribution < 1.29 is 1.43 Å². The van der Waals surface area contributed by atoms with E-state index in [9.17, 15) is 0 Å². The largest absolute Gasteiger partial charge is 0.0654 e. The summed E-state index contributed by atoms with van der Waals surface area (Å²) >= 11 is 0. The first-order chi connectivity index (χ1) is 1.91. The molecule has 0 N–H and O–H groups in total. The minimum atomic E-state index is 0. The molecule has 0 aromatic carbocycles. The smallest absolute Gasteiger partial charge is 0 e. The molecule has 0 saturated carbocycles. The van der Waals surface area contributed by atoms with Gasteiger partial charge in [-0.25, -0.2) is 0 Å². The van der Waals surface area contributed by atoms with Crippen LogP contribution in [0, 0.1) is 0 Å². The average molecular weight is 59.1 g/mol. The van der Waals surface area contributed by atoms with Crippen molar-refractivity contribution in [1.82, 2.24) is 0 Å². The Morgan fingerprint density at radius 3 is 1.50 bits per heavy atom. The van der Waals surface area contributed by atoms with Gasteiger partial charge < -0.3 is 0 Å². The molecule has 0 atom stereocenters. The highest BCUT2D eigenvalue weighted by molar-refractivity contribution is 4.12.